The Morgan fingerprint density at radius 3 is 2.74 bits per heavy atom. The number of aryl methyl sites for hydroxylation is 1. The second kappa shape index (κ2) is 7.83. The van der Waals surface area contributed by atoms with E-state index in [1.165, 1.54) is 10.6 Å². The number of hydrogen-bond donors (Lipinski definition) is 1. The predicted octanol–water partition coefficient (Wildman–Crippen LogP) is 2.32. The number of halogens is 2. The summed E-state index contributed by atoms with van der Waals surface area (Å²) in [5.74, 6) is 0.113. The Kier molecular flexibility index (Phi) is 6.31. The first-order valence-corrected chi connectivity index (χ1v) is 10.0. The van der Waals surface area contributed by atoms with E-state index >= 15 is 0 Å². The lowest BCUT2D eigenvalue weighted by Crippen LogP contribution is -2.32. The van der Waals surface area contributed by atoms with Gasteiger partial charge in [0.1, 0.15) is 0 Å². The van der Waals surface area contributed by atoms with E-state index in [-0.39, 0.29) is 11.8 Å². The molecule has 2 rings (SSSR count). The number of nitrogens with zero attached hydrogens (tertiary/aromatic N) is 1. The zero-order chi connectivity index (χ0) is 17.0. The second-order valence-corrected chi connectivity index (χ2v) is 8.64. The molecule has 1 amide bonds. The lowest BCUT2D eigenvalue weighted by molar-refractivity contribution is -0.121. The second-order valence-electron chi connectivity index (χ2n) is 5.82. The van der Waals surface area contributed by atoms with Gasteiger partial charge in [0.15, 0.2) is 0 Å². The fraction of sp³-hybridized carbons (Fsp3) is 0.533. The normalized spacial score (nSPS) is 19.0. The molecule has 0 radical (unpaired) electrons. The van der Waals surface area contributed by atoms with Crippen molar-refractivity contribution in [2.75, 3.05) is 25.9 Å². The summed E-state index contributed by atoms with van der Waals surface area (Å²) in [5.41, 5.74) is 0.885. The molecule has 1 saturated heterocycles. The number of carbonyl (C=O) groups excluding carboxylic acids is 1. The monoisotopic (exact) mass is 378 g/mol. The molecule has 0 bridgehead atoms. The van der Waals surface area contributed by atoms with Gasteiger partial charge >= 0.3 is 0 Å². The van der Waals surface area contributed by atoms with Crippen molar-refractivity contribution < 1.29 is 13.2 Å². The summed E-state index contributed by atoms with van der Waals surface area (Å²) >= 11 is 11.9. The molecule has 0 unspecified atom stereocenters. The molecule has 1 atom stereocenters. The minimum atomic E-state index is -3.13. The molecule has 5 nitrogen and oxygen atoms in total. The highest BCUT2D eigenvalue weighted by atomic mass is 35.5. The quantitative estimate of drug-likeness (QED) is 0.825. The Morgan fingerprint density at radius 2 is 2.13 bits per heavy atom. The Labute approximate surface area is 147 Å². The molecule has 8 heteroatoms. The molecule has 1 fully saturated rings. The van der Waals surface area contributed by atoms with E-state index in [9.17, 15) is 13.2 Å². The van der Waals surface area contributed by atoms with Crippen LogP contribution in [0.5, 0.6) is 0 Å². The van der Waals surface area contributed by atoms with Crippen molar-refractivity contribution in [1.82, 2.24) is 9.62 Å². The molecule has 1 aromatic rings. The van der Waals surface area contributed by atoms with E-state index < -0.39 is 10.0 Å². The molecule has 128 valence electrons. The average molecular weight is 379 g/mol. The van der Waals surface area contributed by atoms with Crippen LogP contribution in [0.2, 0.25) is 10.0 Å². The van der Waals surface area contributed by atoms with Crippen LogP contribution >= 0.6 is 23.2 Å². The van der Waals surface area contributed by atoms with Crippen LogP contribution in [-0.4, -0.2) is 44.5 Å². The fourth-order valence-corrected chi connectivity index (χ4v) is 4.01. The first-order valence-electron chi connectivity index (χ1n) is 7.41. The Hall–Kier alpha value is -0.820. The van der Waals surface area contributed by atoms with Crippen molar-refractivity contribution in [2.45, 2.75) is 19.3 Å². The van der Waals surface area contributed by atoms with Gasteiger partial charge in [-0.25, -0.2) is 12.7 Å². The van der Waals surface area contributed by atoms with Crippen LogP contribution in [0.4, 0.5) is 0 Å². The van der Waals surface area contributed by atoms with Gasteiger partial charge in [0.2, 0.25) is 15.9 Å². The lowest BCUT2D eigenvalue weighted by Gasteiger charge is -2.14. The number of nitrogens with one attached hydrogen (secondary N) is 1. The van der Waals surface area contributed by atoms with E-state index in [1.54, 1.807) is 12.1 Å². The number of hydrogen-bond acceptors (Lipinski definition) is 3. The highest BCUT2D eigenvalue weighted by molar-refractivity contribution is 7.88. The Balaban J connectivity index is 1.74. The molecular weight excluding hydrogens is 359 g/mol. The van der Waals surface area contributed by atoms with Crippen LogP contribution in [0, 0.1) is 5.92 Å². The summed E-state index contributed by atoms with van der Waals surface area (Å²) < 4.78 is 24.4. The summed E-state index contributed by atoms with van der Waals surface area (Å²) in [6.45, 7) is 1.50. The predicted molar refractivity (Wildman–Crippen MR) is 92.3 cm³/mol. The molecule has 0 saturated carbocycles. The van der Waals surface area contributed by atoms with Gasteiger partial charge in [0, 0.05) is 36.1 Å². The third kappa shape index (κ3) is 5.64. The first kappa shape index (κ1) is 18.5. The van der Waals surface area contributed by atoms with Crippen LogP contribution < -0.4 is 5.32 Å². The van der Waals surface area contributed by atoms with Gasteiger partial charge in [-0.2, -0.15) is 0 Å². The number of sulfonamides is 1. The third-order valence-electron chi connectivity index (χ3n) is 3.94. The number of benzene rings is 1. The summed E-state index contributed by atoms with van der Waals surface area (Å²) in [5, 5.41) is 4.00. The topological polar surface area (TPSA) is 66.5 Å². The van der Waals surface area contributed by atoms with Crippen molar-refractivity contribution in [2.24, 2.45) is 5.92 Å². The van der Waals surface area contributed by atoms with E-state index in [0.717, 1.165) is 12.0 Å². The molecule has 23 heavy (non-hydrogen) atoms. The van der Waals surface area contributed by atoms with Crippen LogP contribution in [0.1, 0.15) is 18.4 Å². The van der Waals surface area contributed by atoms with Crippen molar-refractivity contribution in [3.63, 3.8) is 0 Å². The van der Waals surface area contributed by atoms with E-state index in [2.05, 4.69) is 5.32 Å². The summed E-state index contributed by atoms with van der Waals surface area (Å²) in [4.78, 5) is 11.9. The molecule has 0 aliphatic carbocycles. The van der Waals surface area contributed by atoms with Gasteiger partial charge in [0.05, 0.1) is 6.26 Å². The van der Waals surface area contributed by atoms with Crippen LogP contribution in [0.25, 0.3) is 0 Å². The van der Waals surface area contributed by atoms with Gasteiger partial charge < -0.3 is 5.32 Å². The van der Waals surface area contributed by atoms with Gasteiger partial charge in [-0.05, 0) is 36.5 Å². The van der Waals surface area contributed by atoms with Crippen LogP contribution in [-0.2, 0) is 21.2 Å². The van der Waals surface area contributed by atoms with Crippen molar-refractivity contribution >= 4 is 39.1 Å². The minimum absolute atomic E-state index is 0.0613. The number of rotatable bonds is 6. The fourth-order valence-electron chi connectivity index (χ4n) is 2.58. The molecule has 0 spiro atoms. The van der Waals surface area contributed by atoms with E-state index in [1.807, 2.05) is 6.07 Å². The SMILES string of the molecule is CS(=O)(=O)N1CC[C@@H](CNC(=O)CCc2ccc(Cl)cc2Cl)C1. The third-order valence-corrected chi connectivity index (χ3v) is 5.80. The van der Waals surface area contributed by atoms with Gasteiger partial charge in [-0.3, -0.25) is 4.79 Å². The number of carbonyl (C=O) groups is 1. The molecular formula is C15H20Cl2N2O3S. The highest BCUT2D eigenvalue weighted by Gasteiger charge is 2.28. The summed E-state index contributed by atoms with van der Waals surface area (Å²) in [7, 11) is -3.13. The Bertz CT molecular complexity index is 679. The van der Waals surface area contributed by atoms with Crippen molar-refractivity contribution in [3.05, 3.63) is 33.8 Å². The maximum Gasteiger partial charge on any atom is 0.220 e. The standard InChI is InChI=1S/C15H20Cl2N2O3S/c1-23(21,22)19-7-6-11(10-19)9-18-15(20)5-3-12-2-4-13(16)8-14(12)17/h2,4,8,11H,3,5-7,9-10H2,1H3,(H,18,20)/t11-/m0/s1. The Morgan fingerprint density at radius 1 is 1.39 bits per heavy atom. The van der Waals surface area contributed by atoms with Crippen LogP contribution in [0.15, 0.2) is 18.2 Å². The zero-order valence-electron chi connectivity index (χ0n) is 12.9. The molecule has 1 aliphatic heterocycles. The average Bonchev–Trinajstić information content (AvgIpc) is 2.93. The van der Waals surface area contributed by atoms with Crippen molar-refractivity contribution in [3.8, 4) is 0 Å². The van der Waals surface area contributed by atoms with Crippen molar-refractivity contribution in [1.29, 1.82) is 0 Å². The molecule has 0 aromatic heterocycles. The van der Waals surface area contributed by atoms with E-state index in [4.69, 9.17) is 23.2 Å². The first-order chi connectivity index (χ1) is 10.8. The van der Waals surface area contributed by atoms with Crippen LogP contribution in [0.3, 0.4) is 0 Å². The summed E-state index contributed by atoms with van der Waals surface area (Å²) in [6.07, 6.45) is 2.87. The maximum absolute atomic E-state index is 11.9. The zero-order valence-corrected chi connectivity index (χ0v) is 15.2. The van der Waals surface area contributed by atoms with Gasteiger partial charge in [-0.1, -0.05) is 29.3 Å². The minimum Gasteiger partial charge on any atom is -0.356 e. The number of amides is 1. The molecule has 1 heterocycles. The largest absolute Gasteiger partial charge is 0.356 e. The van der Waals surface area contributed by atoms with Gasteiger partial charge in [-0.15, -0.1) is 0 Å². The molecule has 1 aliphatic rings. The maximum atomic E-state index is 11.9. The smallest absolute Gasteiger partial charge is 0.220 e. The van der Waals surface area contributed by atoms with E-state index in [0.29, 0.717) is 42.5 Å². The molecule has 1 aromatic carbocycles. The summed E-state index contributed by atoms with van der Waals surface area (Å²) in [6, 6.07) is 5.23. The highest BCUT2D eigenvalue weighted by Crippen LogP contribution is 2.22. The molecule has 1 N–H and O–H groups in total. The van der Waals surface area contributed by atoms with Gasteiger partial charge in [0.25, 0.3) is 0 Å². The lowest BCUT2D eigenvalue weighted by atomic mass is 10.1.